The zero-order valence-electron chi connectivity index (χ0n) is 13.7. The molecule has 12 heteroatoms. The van der Waals surface area contributed by atoms with Crippen LogP contribution in [0, 0.1) is 5.92 Å². The Labute approximate surface area is 157 Å². The first-order chi connectivity index (χ1) is 12.3. The average molecular weight is 411 g/mol. The van der Waals surface area contributed by atoms with E-state index in [1.807, 2.05) is 30.3 Å². The van der Waals surface area contributed by atoms with Gasteiger partial charge in [0.25, 0.3) is 14.4 Å². The van der Waals surface area contributed by atoms with Gasteiger partial charge in [0.05, 0.1) is 0 Å². The minimum Gasteiger partial charge on any atom is -0.300 e. The van der Waals surface area contributed by atoms with Crippen LogP contribution >= 0.6 is 22.7 Å². The van der Waals surface area contributed by atoms with Crippen LogP contribution in [0.4, 0.5) is 10.3 Å². The Bertz CT molecular complexity index is 1010. The van der Waals surface area contributed by atoms with Crippen LogP contribution in [0.5, 0.6) is 0 Å². The van der Waals surface area contributed by atoms with E-state index in [0.717, 1.165) is 28.2 Å². The predicted molar refractivity (Wildman–Crippen MR) is 99.5 cm³/mol. The van der Waals surface area contributed by atoms with Crippen LogP contribution in [0.1, 0.15) is 13.8 Å². The van der Waals surface area contributed by atoms with E-state index in [1.165, 1.54) is 0 Å². The highest BCUT2D eigenvalue weighted by Crippen LogP contribution is 2.28. The van der Waals surface area contributed by atoms with E-state index in [4.69, 9.17) is 0 Å². The van der Waals surface area contributed by atoms with Crippen molar-refractivity contribution in [3.8, 4) is 10.6 Å². The Hall–Kier alpha value is -2.44. The summed E-state index contributed by atoms with van der Waals surface area (Å²) < 4.78 is 26.9. The van der Waals surface area contributed by atoms with E-state index in [1.54, 1.807) is 13.8 Å². The van der Waals surface area contributed by atoms with E-state index in [9.17, 15) is 13.2 Å². The number of aromatic nitrogens is 4. The lowest BCUT2D eigenvalue weighted by molar-refractivity contribution is -0.118. The summed E-state index contributed by atoms with van der Waals surface area (Å²) >= 11 is 1.86. The molecular formula is C14H14N6O3S3. The number of anilines is 2. The molecule has 0 aliphatic rings. The van der Waals surface area contributed by atoms with E-state index in [-0.39, 0.29) is 26.4 Å². The molecule has 1 amide bonds. The first kappa shape index (κ1) is 18.4. The van der Waals surface area contributed by atoms with Gasteiger partial charge in [0.1, 0.15) is 5.01 Å². The molecule has 0 aliphatic heterocycles. The lowest BCUT2D eigenvalue weighted by Gasteiger charge is -2.02. The molecule has 9 nitrogen and oxygen atoms in total. The molecule has 0 atom stereocenters. The molecule has 2 N–H and O–H groups in total. The van der Waals surface area contributed by atoms with Crippen LogP contribution < -0.4 is 10.0 Å². The topological polar surface area (TPSA) is 127 Å². The second kappa shape index (κ2) is 7.43. The van der Waals surface area contributed by atoms with Gasteiger partial charge in [-0.25, -0.2) is 0 Å². The molecule has 0 radical (unpaired) electrons. The Morgan fingerprint density at radius 3 is 2.38 bits per heavy atom. The van der Waals surface area contributed by atoms with E-state index in [0.29, 0.717) is 5.01 Å². The lowest BCUT2D eigenvalue weighted by atomic mass is 10.2. The van der Waals surface area contributed by atoms with E-state index in [2.05, 4.69) is 30.4 Å². The third-order valence-electron chi connectivity index (χ3n) is 3.06. The number of nitrogens with zero attached hydrogens (tertiary/aromatic N) is 4. The van der Waals surface area contributed by atoms with Crippen molar-refractivity contribution in [3.63, 3.8) is 0 Å². The molecule has 0 saturated heterocycles. The van der Waals surface area contributed by atoms with Gasteiger partial charge in [0.2, 0.25) is 16.2 Å². The molecule has 0 spiro atoms. The van der Waals surface area contributed by atoms with Gasteiger partial charge in [0, 0.05) is 11.5 Å². The Morgan fingerprint density at radius 2 is 1.69 bits per heavy atom. The molecule has 0 bridgehead atoms. The minimum absolute atomic E-state index is 0.117. The lowest BCUT2D eigenvalue weighted by Crippen LogP contribution is -2.17. The standard InChI is InChI=1S/C14H14N6O3S3/c1-8(2)10(21)15-12-17-19-14(25-12)26(22,23)20-13-18-16-11(24-13)9-6-4-3-5-7-9/h3-8H,1-2H3,(H,18,20)(H,15,17,21). The number of carbonyl (C=O) groups excluding carboxylic acids is 1. The maximum atomic E-state index is 12.4. The summed E-state index contributed by atoms with van der Waals surface area (Å²) in [5.41, 5.74) is 0.838. The van der Waals surface area contributed by atoms with Gasteiger partial charge in [0.15, 0.2) is 0 Å². The van der Waals surface area contributed by atoms with Crippen LogP contribution in [-0.4, -0.2) is 34.7 Å². The highest BCUT2D eigenvalue weighted by atomic mass is 32.2. The number of hydrogen-bond acceptors (Lipinski definition) is 9. The fourth-order valence-corrected chi connectivity index (χ4v) is 4.62. The Balaban J connectivity index is 1.75. The van der Waals surface area contributed by atoms with Crippen LogP contribution in [-0.2, 0) is 14.8 Å². The summed E-state index contributed by atoms with van der Waals surface area (Å²) in [6.07, 6.45) is 0. The van der Waals surface area contributed by atoms with Crippen molar-refractivity contribution in [2.75, 3.05) is 10.0 Å². The summed E-state index contributed by atoms with van der Waals surface area (Å²) in [6, 6.07) is 9.29. The molecule has 0 unspecified atom stereocenters. The number of nitrogens with one attached hydrogen (secondary N) is 2. The molecule has 0 fully saturated rings. The monoisotopic (exact) mass is 410 g/mol. The smallest absolute Gasteiger partial charge is 0.293 e. The summed E-state index contributed by atoms with van der Waals surface area (Å²) in [5.74, 6) is -0.524. The average Bonchev–Trinajstić information content (AvgIpc) is 3.25. The highest BCUT2D eigenvalue weighted by molar-refractivity contribution is 7.94. The third kappa shape index (κ3) is 4.20. The molecule has 0 aliphatic carbocycles. The molecule has 3 aromatic rings. The summed E-state index contributed by atoms with van der Waals surface area (Å²) in [4.78, 5) is 11.6. The summed E-state index contributed by atoms with van der Waals surface area (Å²) in [7, 11) is -3.97. The Kier molecular flexibility index (Phi) is 5.25. The largest absolute Gasteiger partial charge is 0.300 e. The third-order valence-corrected chi connectivity index (χ3v) is 6.62. The highest BCUT2D eigenvalue weighted by Gasteiger charge is 2.23. The molecule has 3 rings (SSSR count). The van der Waals surface area contributed by atoms with Gasteiger partial charge < -0.3 is 5.32 Å². The normalized spacial score (nSPS) is 11.5. The van der Waals surface area contributed by atoms with Crippen molar-refractivity contribution >= 4 is 48.9 Å². The van der Waals surface area contributed by atoms with E-state index < -0.39 is 10.0 Å². The molecule has 0 saturated carbocycles. The fourth-order valence-electron chi connectivity index (χ4n) is 1.74. The SMILES string of the molecule is CC(C)C(=O)Nc1nnc(S(=O)(=O)Nc2nnc(-c3ccccc3)s2)s1. The molecule has 2 heterocycles. The number of rotatable bonds is 6. The van der Waals surface area contributed by atoms with Crippen molar-refractivity contribution in [2.24, 2.45) is 5.92 Å². The second-order valence-electron chi connectivity index (χ2n) is 5.40. The molecular weight excluding hydrogens is 396 g/mol. The van der Waals surface area contributed by atoms with Crippen LogP contribution in [0.15, 0.2) is 34.7 Å². The van der Waals surface area contributed by atoms with Crippen LogP contribution in [0.2, 0.25) is 0 Å². The van der Waals surface area contributed by atoms with Crippen molar-refractivity contribution in [1.29, 1.82) is 0 Å². The Morgan fingerprint density at radius 1 is 1.00 bits per heavy atom. The van der Waals surface area contributed by atoms with Gasteiger partial charge in [-0.2, -0.15) is 8.42 Å². The van der Waals surface area contributed by atoms with Crippen molar-refractivity contribution in [1.82, 2.24) is 20.4 Å². The number of benzene rings is 1. The van der Waals surface area contributed by atoms with Gasteiger partial charge in [-0.15, -0.1) is 20.4 Å². The van der Waals surface area contributed by atoms with Crippen molar-refractivity contribution < 1.29 is 13.2 Å². The van der Waals surface area contributed by atoms with E-state index >= 15 is 0 Å². The first-order valence-electron chi connectivity index (χ1n) is 7.41. The number of carbonyl (C=O) groups is 1. The van der Waals surface area contributed by atoms with Gasteiger partial charge in [-0.1, -0.05) is 66.9 Å². The molecule has 26 heavy (non-hydrogen) atoms. The molecule has 2 aromatic heterocycles. The summed E-state index contributed by atoms with van der Waals surface area (Å²) in [6.45, 7) is 3.44. The van der Waals surface area contributed by atoms with Crippen LogP contribution in [0.25, 0.3) is 10.6 Å². The minimum atomic E-state index is -3.97. The van der Waals surface area contributed by atoms with Gasteiger partial charge >= 0.3 is 0 Å². The summed E-state index contributed by atoms with van der Waals surface area (Å²) in [5, 5.41) is 18.5. The first-order valence-corrected chi connectivity index (χ1v) is 10.5. The fraction of sp³-hybridized carbons (Fsp3) is 0.214. The van der Waals surface area contributed by atoms with Crippen molar-refractivity contribution in [2.45, 2.75) is 18.2 Å². The van der Waals surface area contributed by atoms with Gasteiger partial charge in [-0.05, 0) is 0 Å². The number of amides is 1. The molecule has 1 aromatic carbocycles. The zero-order chi connectivity index (χ0) is 18.7. The second-order valence-corrected chi connectivity index (χ2v) is 9.21. The zero-order valence-corrected chi connectivity index (χ0v) is 16.2. The quantitative estimate of drug-likeness (QED) is 0.598. The van der Waals surface area contributed by atoms with Gasteiger partial charge in [-0.3, -0.25) is 9.52 Å². The van der Waals surface area contributed by atoms with Crippen molar-refractivity contribution in [3.05, 3.63) is 30.3 Å². The maximum absolute atomic E-state index is 12.4. The number of hydrogen-bond donors (Lipinski definition) is 2. The molecule has 136 valence electrons. The number of sulfonamides is 1. The van der Waals surface area contributed by atoms with Crippen LogP contribution in [0.3, 0.4) is 0 Å². The predicted octanol–water partition coefficient (Wildman–Crippen LogP) is 2.45. The maximum Gasteiger partial charge on any atom is 0.293 e.